The summed E-state index contributed by atoms with van der Waals surface area (Å²) in [5.74, 6) is 0.525. The van der Waals surface area contributed by atoms with Gasteiger partial charge < -0.3 is 10.2 Å². The average molecular weight is 312 g/mol. The van der Waals surface area contributed by atoms with Crippen LogP contribution in [0.1, 0.15) is 25.3 Å². The van der Waals surface area contributed by atoms with Crippen LogP contribution in [0.3, 0.4) is 0 Å². The number of nitro groups is 1. The molecule has 21 heavy (non-hydrogen) atoms. The van der Waals surface area contributed by atoms with Gasteiger partial charge in [0.2, 0.25) is 0 Å². The first-order chi connectivity index (χ1) is 9.97. The van der Waals surface area contributed by atoms with E-state index in [1.807, 2.05) is 6.92 Å². The molecule has 1 heterocycles. The van der Waals surface area contributed by atoms with Gasteiger partial charge in [-0.25, -0.2) is 0 Å². The molecule has 1 unspecified atom stereocenters. The van der Waals surface area contributed by atoms with Gasteiger partial charge in [-0.05, 0) is 50.4 Å². The monoisotopic (exact) mass is 311 g/mol. The van der Waals surface area contributed by atoms with E-state index in [9.17, 15) is 10.1 Å². The minimum Gasteiger partial charge on any atom is -0.384 e. The fraction of sp³-hybridized carbons (Fsp3) is 0.600. The molecular formula is C15H22ClN3O2. The van der Waals surface area contributed by atoms with Gasteiger partial charge in [0.25, 0.3) is 5.69 Å². The summed E-state index contributed by atoms with van der Waals surface area (Å²) in [7, 11) is 0. The highest BCUT2D eigenvalue weighted by molar-refractivity contribution is 6.33. The minimum absolute atomic E-state index is 0.0372. The van der Waals surface area contributed by atoms with E-state index in [0.29, 0.717) is 5.92 Å². The molecule has 0 aliphatic carbocycles. The highest BCUT2D eigenvalue weighted by Crippen LogP contribution is 2.30. The maximum Gasteiger partial charge on any atom is 0.288 e. The predicted octanol–water partition coefficient (Wildman–Crippen LogP) is 3.70. The molecule has 1 aliphatic heterocycles. The van der Waals surface area contributed by atoms with Crippen LogP contribution in [0.25, 0.3) is 0 Å². The lowest BCUT2D eigenvalue weighted by molar-refractivity contribution is -0.384. The molecule has 1 atom stereocenters. The highest BCUT2D eigenvalue weighted by Gasteiger charge is 2.17. The van der Waals surface area contributed by atoms with Gasteiger partial charge in [-0.1, -0.05) is 18.5 Å². The van der Waals surface area contributed by atoms with Crippen LogP contribution in [-0.4, -0.2) is 36.0 Å². The molecule has 0 amide bonds. The summed E-state index contributed by atoms with van der Waals surface area (Å²) in [5.41, 5.74) is 1.68. The largest absolute Gasteiger partial charge is 0.384 e. The van der Waals surface area contributed by atoms with Crippen LogP contribution in [0, 0.1) is 23.0 Å². The summed E-state index contributed by atoms with van der Waals surface area (Å²) in [4.78, 5) is 12.9. The second-order valence-corrected chi connectivity index (χ2v) is 6.28. The van der Waals surface area contributed by atoms with Crippen LogP contribution in [0.5, 0.6) is 0 Å². The lowest BCUT2D eigenvalue weighted by Crippen LogP contribution is -2.29. The first-order valence-corrected chi connectivity index (χ1v) is 7.76. The molecule has 5 nitrogen and oxygen atoms in total. The lowest BCUT2D eigenvalue weighted by atomic mass is 10.1. The summed E-state index contributed by atoms with van der Waals surface area (Å²) in [6, 6.07) is 3.17. The molecule has 0 bridgehead atoms. The molecule has 1 aliphatic rings. The van der Waals surface area contributed by atoms with Crippen LogP contribution in [-0.2, 0) is 0 Å². The van der Waals surface area contributed by atoms with Crippen molar-refractivity contribution in [2.75, 3.05) is 31.5 Å². The minimum atomic E-state index is -0.449. The summed E-state index contributed by atoms with van der Waals surface area (Å²) >= 11 is 5.96. The van der Waals surface area contributed by atoms with Crippen molar-refractivity contribution in [2.45, 2.75) is 26.7 Å². The third-order valence-electron chi connectivity index (χ3n) is 3.90. The van der Waals surface area contributed by atoms with E-state index in [-0.39, 0.29) is 10.7 Å². The third kappa shape index (κ3) is 4.32. The summed E-state index contributed by atoms with van der Waals surface area (Å²) in [6.45, 7) is 8.40. The van der Waals surface area contributed by atoms with Crippen molar-refractivity contribution in [1.29, 1.82) is 0 Å². The van der Waals surface area contributed by atoms with E-state index in [1.165, 1.54) is 32.0 Å². The smallest absolute Gasteiger partial charge is 0.288 e. The van der Waals surface area contributed by atoms with Crippen molar-refractivity contribution < 1.29 is 4.92 Å². The van der Waals surface area contributed by atoms with Crippen LogP contribution in [0.15, 0.2) is 12.1 Å². The average Bonchev–Trinajstić information content (AvgIpc) is 2.91. The van der Waals surface area contributed by atoms with Crippen molar-refractivity contribution in [3.8, 4) is 0 Å². The number of nitrogens with one attached hydrogen (secondary N) is 1. The fourth-order valence-electron chi connectivity index (χ4n) is 2.75. The van der Waals surface area contributed by atoms with E-state index >= 15 is 0 Å². The van der Waals surface area contributed by atoms with Gasteiger partial charge in [-0.3, -0.25) is 10.1 Å². The van der Waals surface area contributed by atoms with E-state index < -0.39 is 4.92 Å². The Bertz CT molecular complexity index is 516. The molecule has 2 rings (SSSR count). The van der Waals surface area contributed by atoms with Crippen molar-refractivity contribution in [3.05, 3.63) is 32.8 Å². The Kier molecular flexibility index (Phi) is 5.42. The van der Waals surface area contributed by atoms with Crippen molar-refractivity contribution >= 4 is 23.0 Å². The fourth-order valence-corrected chi connectivity index (χ4v) is 2.98. The summed E-state index contributed by atoms with van der Waals surface area (Å²) < 4.78 is 0. The molecule has 116 valence electrons. The van der Waals surface area contributed by atoms with Gasteiger partial charge in [0, 0.05) is 24.8 Å². The highest BCUT2D eigenvalue weighted by atomic mass is 35.5. The zero-order valence-corrected chi connectivity index (χ0v) is 13.3. The van der Waals surface area contributed by atoms with Crippen LogP contribution in [0.2, 0.25) is 5.02 Å². The molecule has 0 spiro atoms. The van der Waals surface area contributed by atoms with Crippen LogP contribution >= 0.6 is 11.6 Å². The summed E-state index contributed by atoms with van der Waals surface area (Å²) in [5, 5.41) is 14.4. The Hall–Kier alpha value is -1.33. The number of nitrogens with zero attached hydrogens (tertiary/aromatic N) is 2. The Morgan fingerprint density at radius 2 is 2.10 bits per heavy atom. The second kappa shape index (κ2) is 7.09. The molecule has 1 N–H and O–H groups in total. The van der Waals surface area contributed by atoms with Gasteiger partial charge in [0.05, 0.1) is 4.92 Å². The van der Waals surface area contributed by atoms with Crippen molar-refractivity contribution in [1.82, 2.24) is 4.90 Å². The number of benzene rings is 1. The van der Waals surface area contributed by atoms with Gasteiger partial charge in [0.15, 0.2) is 0 Å². The normalized spacial score (nSPS) is 16.9. The molecule has 1 aromatic carbocycles. The number of hydrogen-bond acceptors (Lipinski definition) is 4. The molecule has 0 aromatic heterocycles. The molecular weight excluding hydrogens is 290 g/mol. The molecule has 6 heteroatoms. The molecule has 1 saturated heterocycles. The number of rotatable bonds is 6. The third-order valence-corrected chi connectivity index (χ3v) is 4.20. The zero-order valence-electron chi connectivity index (χ0n) is 12.6. The van der Waals surface area contributed by atoms with E-state index in [0.717, 1.165) is 24.3 Å². The number of nitro benzene ring substituents is 1. The van der Waals surface area contributed by atoms with Gasteiger partial charge >= 0.3 is 0 Å². The molecule has 1 aromatic rings. The standard InChI is InChI=1S/C15H22ClN3O2/c1-11(10-18-5-3-4-6-18)9-17-14-8-13(16)15(19(20)21)7-12(14)2/h7-8,11,17H,3-6,9-10H2,1-2H3. The quantitative estimate of drug-likeness (QED) is 0.643. The molecule has 1 fully saturated rings. The Labute approximate surface area is 130 Å². The molecule has 0 saturated carbocycles. The number of anilines is 1. The first kappa shape index (κ1) is 16.0. The van der Waals surface area contributed by atoms with Gasteiger partial charge in [-0.15, -0.1) is 0 Å². The lowest BCUT2D eigenvalue weighted by Gasteiger charge is -2.21. The van der Waals surface area contributed by atoms with Crippen molar-refractivity contribution in [2.24, 2.45) is 5.92 Å². The Morgan fingerprint density at radius 1 is 1.43 bits per heavy atom. The van der Waals surface area contributed by atoms with Crippen LogP contribution < -0.4 is 5.32 Å². The van der Waals surface area contributed by atoms with E-state index in [4.69, 9.17) is 11.6 Å². The zero-order chi connectivity index (χ0) is 15.4. The number of aryl methyl sites for hydroxylation is 1. The van der Waals surface area contributed by atoms with Crippen LogP contribution in [0.4, 0.5) is 11.4 Å². The van der Waals surface area contributed by atoms with E-state index in [1.54, 1.807) is 6.07 Å². The number of likely N-dealkylation sites (tertiary alicyclic amines) is 1. The first-order valence-electron chi connectivity index (χ1n) is 7.38. The maximum atomic E-state index is 10.8. The number of halogens is 1. The predicted molar refractivity (Wildman–Crippen MR) is 86.2 cm³/mol. The Morgan fingerprint density at radius 3 is 2.71 bits per heavy atom. The topological polar surface area (TPSA) is 58.4 Å². The Balaban J connectivity index is 1.93. The summed E-state index contributed by atoms with van der Waals surface area (Å²) in [6.07, 6.45) is 2.61. The SMILES string of the molecule is Cc1cc([N+](=O)[O-])c(Cl)cc1NCC(C)CN1CCCC1. The second-order valence-electron chi connectivity index (χ2n) is 5.87. The number of hydrogen-bond donors (Lipinski definition) is 1. The molecule has 0 radical (unpaired) electrons. The maximum absolute atomic E-state index is 10.8. The van der Waals surface area contributed by atoms with Gasteiger partial charge in [-0.2, -0.15) is 0 Å². The van der Waals surface area contributed by atoms with E-state index in [2.05, 4.69) is 17.1 Å². The van der Waals surface area contributed by atoms with Crippen molar-refractivity contribution in [3.63, 3.8) is 0 Å². The van der Waals surface area contributed by atoms with Gasteiger partial charge in [0.1, 0.15) is 5.02 Å².